The molecule has 170 valence electrons. The van der Waals surface area contributed by atoms with Crippen LogP contribution in [0.25, 0.3) is 6.08 Å². The maximum Gasteiger partial charge on any atom is 0.335 e. The summed E-state index contributed by atoms with van der Waals surface area (Å²) in [4.78, 5) is 40.0. The average Bonchev–Trinajstić information content (AvgIpc) is 3.10. The molecule has 0 aromatic heterocycles. The smallest absolute Gasteiger partial charge is 0.335 e. The first kappa shape index (κ1) is 23.0. The average molecular weight is 485 g/mol. The van der Waals surface area contributed by atoms with E-state index >= 15 is 0 Å². The van der Waals surface area contributed by atoms with Crippen molar-refractivity contribution in [2.45, 2.75) is 0 Å². The summed E-state index contributed by atoms with van der Waals surface area (Å²) < 4.78 is 11.2. The van der Waals surface area contributed by atoms with Gasteiger partial charge in [-0.3, -0.25) is 14.5 Å². The molecule has 0 aliphatic carbocycles. The number of carboxylic acids is 1. The van der Waals surface area contributed by atoms with Crippen LogP contribution in [0.5, 0.6) is 5.75 Å². The van der Waals surface area contributed by atoms with Crippen LogP contribution in [-0.2, 0) is 14.3 Å². The molecule has 33 heavy (non-hydrogen) atoms. The Balaban J connectivity index is 1.46. The molecule has 0 saturated carbocycles. The summed E-state index contributed by atoms with van der Waals surface area (Å²) in [5.74, 6) is -1.01. The van der Waals surface area contributed by atoms with Crippen molar-refractivity contribution in [3.63, 3.8) is 0 Å². The number of benzene rings is 2. The van der Waals surface area contributed by atoms with Crippen LogP contribution >= 0.6 is 24.0 Å². The number of nitrogens with zero attached hydrogens (tertiary/aromatic N) is 2. The minimum Gasteiger partial charge on any atom is -0.484 e. The van der Waals surface area contributed by atoms with Crippen molar-refractivity contribution < 1.29 is 29.0 Å². The van der Waals surface area contributed by atoms with Crippen molar-refractivity contribution in [3.05, 3.63) is 64.6 Å². The highest BCUT2D eigenvalue weighted by atomic mass is 32.2. The third kappa shape index (κ3) is 5.41. The van der Waals surface area contributed by atoms with E-state index in [9.17, 15) is 19.5 Å². The van der Waals surface area contributed by atoms with Crippen molar-refractivity contribution in [2.75, 3.05) is 37.8 Å². The second-order valence-corrected chi connectivity index (χ2v) is 8.90. The van der Waals surface area contributed by atoms with Crippen LogP contribution in [0.3, 0.4) is 0 Å². The molecule has 2 fully saturated rings. The van der Waals surface area contributed by atoms with Gasteiger partial charge in [-0.05, 0) is 42.0 Å². The van der Waals surface area contributed by atoms with E-state index in [2.05, 4.69) is 0 Å². The highest BCUT2D eigenvalue weighted by molar-refractivity contribution is 8.27. The van der Waals surface area contributed by atoms with Gasteiger partial charge in [0.1, 0.15) is 5.75 Å². The zero-order valence-electron chi connectivity index (χ0n) is 17.4. The lowest BCUT2D eigenvalue weighted by molar-refractivity contribution is -0.137. The number of aromatic carboxylic acids is 1. The topological polar surface area (TPSA) is 96.4 Å². The van der Waals surface area contributed by atoms with Crippen molar-refractivity contribution in [1.82, 2.24) is 4.90 Å². The van der Waals surface area contributed by atoms with E-state index in [-0.39, 0.29) is 24.0 Å². The largest absolute Gasteiger partial charge is 0.484 e. The van der Waals surface area contributed by atoms with Crippen LogP contribution in [0, 0.1) is 0 Å². The monoisotopic (exact) mass is 484 g/mol. The lowest BCUT2D eigenvalue weighted by atomic mass is 10.1. The van der Waals surface area contributed by atoms with E-state index in [4.69, 9.17) is 21.7 Å². The fraction of sp³-hybridized carbons (Fsp3) is 0.217. The lowest BCUT2D eigenvalue weighted by Crippen LogP contribution is -2.42. The van der Waals surface area contributed by atoms with E-state index < -0.39 is 5.97 Å². The summed E-state index contributed by atoms with van der Waals surface area (Å²) in [5, 5.41) is 9.21. The summed E-state index contributed by atoms with van der Waals surface area (Å²) >= 11 is 6.50. The Morgan fingerprint density at radius 3 is 2.67 bits per heavy atom. The third-order valence-corrected chi connectivity index (χ3v) is 6.33. The van der Waals surface area contributed by atoms with Crippen LogP contribution < -0.4 is 9.64 Å². The van der Waals surface area contributed by atoms with Crippen molar-refractivity contribution >= 4 is 57.8 Å². The van der Waals surface area contributed by atoms with Crippen LogP contribution in [0.2, 0.25) is 0 Å². The van der Waals surface area contributed by atoms with Gasteiger partial charge in [-0.2, -0.15) is 0 Å². The number of anilines is 1. The van der Waals surface area contributed by atoms with E-state index in [0.29, 0.717) is 52.5 Å². The number of morpholine rings is 1. The standard InChI is InChI=1S/C23H20N2O6S2/c26-20(24-7-9-30-10-8-24)14-31-18-6-1-3-15(11-18)12-19-21(27)25(23(32)33-19)17-5-2-4-16(13-17)22(28)29/h1-6,11-13H,7-10,14H2,(H,28,29)/b19-12+. The number of thioether (sulfide) groups is 1. The molecule has 2 saturated heterocycles. The molecular weight excluding hydrogens is 464 g/mol. The number of amides is 2. The van der Waals surface area contributed by atoms with Crippen molar-refractivity contribution in [2.24, 2.45) is 0 Å². The Labute approximate surface area is 199 Å². The first-order chi connectivity index (χ1) is 15.9. The Bertz CT molecular complexity index is 1140. The van der Waals surface area contributed by atoms with Gasteiger partial charge in [-0.15, -0.1) is 0 Å². The van der Waals surface area contributed by atoms with Gasteiger partial charge in [0.05, 0.1) is 29.4 Å². The number of carbonyl (C=O) groups is 3. The SMILES string of the molecule is O=C(O)c1cccc(N2C(=O)/C(=C\c3cccc(OCC(=O)N4CCOCC4)c3)SC2=S)c1. The number of hydrogen-bond acceptors (Lipinski definition) is 7. The van der Waals surface area contributed by atoms with Gasteiger partial charge in [0, 0.05) is 13.1 Å². The molecule has 1 N–H and O–H groups in total. The molecule has 2 amide bonds. The molecule has 2 aliphatic rings. The van der Waals surface area contributed by atoms with Gasteiger partial charge in [-0.25, -0.2) is 4.79 Å². The Kier molecular flexibility index (Phi) is 7.07. The molecule has 0 unspecified atom stereocenters. The van der Waals surface area contributed by atoms with Crippen LogP contribution in [0.4, 0.5) is 5.69 Å². The summed E-state index contributed by atoms with van der Waals surface area (Å²) in [5.41, 5.74) is 1.19. The maximum atomic E-state index is 13.0. The van der Waals surface area contributed by atoms with Crippen LogP contribution in [0.15, 0.2) is 53.4 Å². The number of rotatable bonds is 6. The van der Waals surface area contributed by atoms with Crippen molar-refractivity contribution in [3.8, 4) is 5.75 Å². The minimum absolute atomic E-state index is 0.0713. The van der Waals surface area contributed by atoms with E-state index in [1.54, 1.807) is 41.3 Å². The number of hydrogen-bond donors (Lipinski definition) is 1. The van der Waals surface area contributed by atoms with Gasteiger partial charge in [0.15, 0.2) is 10.9 Å². The number of ether oxygens (including phenoxy) is 2. The minimum atomic E-state index is -1.08. The third-order valence-electron chi connectivity index (χ3n) is 5.03. The first-order valence-corrected chi connectivity index (χ1v) is 11.3. The predicted octanol–water partition coefficient (Wildman–Crippen LogP) is 3.03. The number of carboxylic acid groups (broad SMARTS) is 1. The van der Waals surface area contributed by atoms with Gasteiger partial charge >= 0.3 is 5.97 Å². The molecule has 2 aromatic rings. The van der Waals surface area contributed by atoms with Gasteiger partial charge in [0.2, 0.25) is 0 Å². The summed E-state index contributed by atoms with van der Waals surface area (Å²) in [6.45, 7) is 2.09. The van der Waals surface area contributed by atoms with Crippen LogP contribution in [0.1, 0.15) is 15.9 Å². The number of carbonyl (C=O) groups excluding carboxylic acids is 2. The first-order valence-electron chi connectivity index (χ1n) is 10.1. The molecule has 2 heterocycles. The second-order valence-electron chi connectivity index (χ2n) is 7.23. The normalized spacial score (nSPS) is 17.5. The molecule has 8 nitrogen and oxygen atoms in total. The van der Waals surface area contributed by atoms with Gasteiger partial charge in [-0.1, -0.05) is 42.2 Å². The molecule has 0 bridgehead atoms. The lowest BCUT2D eigenvalue weighted by Gasteiger charge is -2.26. The molecule has 0 atom stereocenters. The van der Waals surface area contributed by atoms with E-state index in [1.807, 2.05) is 6.07 Å². The van der Waals surface area contributed by atoms with Gasteiger partial charge < -0.3 is 19.5 Å². The summed E-state index contributed by atoms with van der Waals surface area (Å²) in [6, 6.07) is 13.1. The Hall–Kier alpha value is -3.21. The molecule has 2 aliphatic heterocycles. The summed E-state index contributed by atoms with van der Waals surface area (Å²) in [6.07, 6.45) is 1.69. The molecule has 0 radical (unpaired) electrons. The van der Waals surface area contributed by atoms with E-state index in [1.165, 1.54) is 17.0 Å². The fourth-order valence-corrected chi connectivity index (χ4v) is 4.66. The Morgan fingerprint density at radius 1 is 1.15 bits per heavy atom. The molecule has 10 heteroatoms. The van der Waals surface area contributed by atoms with Crippen molar-refractivity contribution in [1.29, 1.82) is 0 Å². The zero-order chi connectivity index (χ0) is 23.4. The zero-order valence-corrected chi connectivity index (χ0v) is 19.1. The molecule has 2 aromatic carbocycles. The quantitative estimate of drug-likeness (QED) is 0.494. The molecule has 0 spiro atoms. The highest BCUT2D eigenvalue weighted by Crippen LogP contribution is 2.36. The second kappa shape index (κ2) is 10.2. The fourth-order valence-electron chi connectivity index (χ4n) is 3.36. The Morgan fingerprint density at radius 2 is 1.91 bits per heavy atom. The predicted molar refractivity (Wildman–Crippen MR) is 128 cm³/mol. The van der Waals surface area contributed by atoms with E-state index in [0.717, 1.165) is 11.8 Å². The van der Waals surface area contributed by atoms with Gasteiger partial charge in [0.25, 0.3) is 11.8 Å². The summed E-state index contributed by atoms with van der Waals surface area (Å²) in [7, 11) is 0. The van der Waals surface area contributed by atoms with Crippen LogP contribution in [-0.4, -0.2) is 65.0 Å². The molecule has 4 rings (SSSR count). The highest BCUT2D eigenvalue weighted by Gasteiger charge is 2.33. The maximum absolute atomic E-state index is 13.0. The number of thiocarbonyl (C=S) groups is 1. The molecular formula is C23H20N2O6S2.